The standard InChI is InChI=1S/C13H19ClN2O3/c1-15-8-9-6-10(14)13(11(7-9)18-3)19-5-4-12(17)16-2/h6-7,15H,4-5,8H2,1-3H3,(H,16,17). The number of methoxy groups -OCH3 is 1. The molecular formula is C13H19ClN2O3. The first-order valence-corrected chi connectivity index (χ1v) is 6.34. The molecule has 0 fully saturated rings. The Morgan fingerprint density at radius 1 is 1.37 bits per heavy atom. The number of carbonyl (C=O) groups is 1. The van der Waals surface area contributed by atoms with Gasteiger partial charge in [0.2, 0.25) is 5.91 Å². The van der Waals surface area contributed by atoms with Crippen molar-refractivity contribution in [3.05, 3.63) is 22.7 Å². The van der Waals surface area contributed by atoms with Crippen molar-refractivity contribution < 1.29 is 14.3 Å². The molecule has 6 heteroatoms. The van der Waals surface area contributed by atoms with Crippen LogP contribution in [0, 0.1) is 0 Å². The number of carbonyl (C=O) groups excluding carboxylic acids is 1. The summed E-state index contributed by atoms with van der Waals surface area (Å²) in [5, 5.41) is 6.04. The van der Waals surface area contributed by atoms with Crippen LogP contribution in [0.2, 0.25) is 5.02 Å². The van der Waals surface area contributed by atoms with Crippen LogP contribution in [0.1, 0.15) is 12.0 Å². The van der Waals surface area contributed by atoms with E-state index in [0.29, 0.717) is 23.1 Å². The molecule has 0 spiro atoms. The van der Waals surface area contributed by atoms with Gasteiger partial charge in [-0.15, -0.1) is 0 Å². The van der Waals surface area contributed by atoms with Gasteiger partial charge in [-0.2, -0.15) is 0 Å². The Labute approximate surface area is 118 Å². The lowest BCUT2D eigenvalue weighted by atomic mass is 10.2. The molecule has 0 bridgehead atoms. The maximum atomic E-state index is 11.1. The molecule has 5 nitrogen and oxygen atoms in total. The van der Waals surface area contributed by atoms with E-state index in [9.17, 15) is 4.79 Å². The normalized spacial score (nSPS) is 10.1. The highest BCUT2D eigenvalue weighted by Gasteiger charge is 2.12. The summed E-state index contributed by atoms with van der Waals surface area (Å²) < 4.78 is 10.8. The summed E-state index contributed by atoms with van der Waals surface area (Å²) in [4.78, 5) is 11.1. The van der Waals surface area contributed by atoms with E-state index < -0.39 is 0 Å². The lowest BCUT2D eigenvalue weighted by molar-refractivity contribution is -0.121. The van der Waals surface area contributed by atoms with Crippen molar-refractivity contribution >= 4 is 17.5 Å². The maximum Gasteiger partial charge on any atom is 0.223 e. The number of hydrogen-bond acceptors (Lipinski definition) is 4. The summed E-state index contributed by atoms with van der Waals surface area (Å²) in [5.41, 5.74) is 1.00. The average Bonchev–Trinajstić information content (AvgIpc) is 2.40. The van der Waals surface area contributed by atoms with E-state index in [-0.39, 0.29) is 18.9 Å². The Bertz CT molecular complexity index is 438. The molecule has 1 rings (SSSR count). The highest BCUT2D eigenvalue weighted by Crippen LogP contribution is 2.36. The lowest BCUT2D eigenvalue weighted by Crippen LogP contribution is -2.20. The number of halogens is 1. The van der Waals surface area contributed by atoms with Crippen molar-refractivity contribution in [2.75, 3.05) is 27.8 Å². The van der Waals surface area contributed by atoms with Crippen molar-refractivity contribution in [2.24, 2.45) is 0 Å². The molecule has 0 radical (unpaired) electrons. The first-order valence-electron chi connectivity index (χ1n) is 5.96. The van der Waals surface area contributed by atoms with E-state index in [1.54, 1.807) is 14.2 Å². The Morgan fingerprint density at radius 2 is 2.11 bits per heavy atom. The first kappa shape index (κ1) is 15.6. The van der Waals surface area contributed by atoms with Gasteiger partial charge in [-0.05, 0) is 24.7 Å². The molecule has 2 N–H and O–H groups in total. The van der Waals surface area contributed by atoms with E-state index in [1.807, 2.05) is 19.2 Å². The van der Waals surface area contributed by atoms with Crippen LogP contribution in [0.3, 0.4) is 0 Å². The second-order valence-electron chi connectivity index (χ2n) is 3.91. The van der Waals surface area contributed by atoms with Crippen LogP contribution in [-0.4, -0.2) is 33.7 Å². The van der Waals surface area contributed by atoms with Gasteiger partial charge in [-0.1, -0.05) is 11.6 Å². The molecule has 0 heterocycles. The fourth-order valence-electron chi connectivity index (χ4n) is 1.59. The minimum Gasteiger partial charge on any atom is -0.493 e. The number of hydrogen-bond donors (Lipinski definition) is 2. The van der Waals surface area contributed by atoms with Gasteiger partial charge < -0.3 is 20.1 Å². The van der Waals surface area contributed by atoms with Crippen LogP contribution in [0.15, 0.2) is 12.1 Å². The number of ether oxygens (including phenoxy) is 2. The maximum absolute atomic E-state index is 11.1. The summed E-state index contributed by atoms with van der Waals surface area (Å²) in [7, 11) is 5.00. The molecule has 0 atom stereocenters. The predicted molar refractivity (Wildman–Crippen MR) is 74.9 cm³/mol. The van der Waals surface area contributed by atoms with E-state index in [0.717, 1.165) is 5.56 Å². The van der Waals surface area contributed by atoms with E-state index in [1.165, 1.54) is 0 Å². The van der Waals surface area contributed by atoms with Crippen LogP contribution in [0.25, 0.3) is 0 Å². The molecule has 0 unspecified atom stereocenters. The Hall–Kier alpha value is -1.46. The zero-order valence-electron chi connectivity index (χ0n) is 11.4. The summed E-state index contributed by atoms with van der Waals surface area (Å²) >= 11 is 6.16. The van der Waals surface area contributed by atoms with Crippen LogP contribution in [-0.2, 0) is 11.3 Å². The predicted octanol–water partition coefficient (Wildman–Crippen LogP) is 1.58. The van der Waals surface area contributed by atoms with Crippen LogP contribution < -0.4 is 20.1 Å². The fraction of sp³-hybridized carbons (Fsp3) is 0.462. The molecule has 1 aromatic rings. The van der Waals surface area contributed by atoms with Crippen LogP contribution in [0.5, 0.6) is 11.5 Å². The topological polar surface area (TPSA) is 59.6 Å². The summed E-state index contributed by atoms with van der Waals surface area (Å²) in [6, 6.07) is 3.67. The highest BCUT2D eigenvalue weighted by molar-refractivity contribution is 6.32. The third-order valence-corrected chi connectivity index (χ3v) is 2.81. The molecule has 0 saturated heterocycles. The van der Waals surface area contributed by atoms with Crippen molar-refractivity contribution in [3.63, 3.8) is 0 Å². The van der Waals surface area contributed by atoms with Gasteiger partial charge in [0, 0.05) is 13.6 Å². The Morgan fingerprint density at radius 3 is 2.68 bits per heavy atom. The number of rotatable bonds is 7. The highest BCUT2D eigenvalue weighted by atomic mass is 35.5. The van der Waals surface area contributed by atoms with E-state index >= 15 is 0 Å². The minimum absolute atomic E-state index is 0.0816. The zero-order chi connectivity index (χ0) is 14.3. The number of amides is 1. The molecule has 0 aliphatic rings. The third-order valence-electron chi connectivity index (χ3n) is 2.52. The van der Waals surface area contributed by atoms with Gasteiger partial charge in [0.1, 0.15) is 0 Å². The lowest BCUT2D eigenvalue weighted by Gasteiger charge is -2.14. The molecule has 0 aromatic heterocycles. The fourth-order valence-corrected chi connectivity index (χ4v) is 1.88. The van der Waals surface area contributed by atoms with Crippen molar-refractivity contribution in [1.82, 2.24) is 10.6 Å². The van der Waals surface area contributed by atoms with Crippen molar-refractivity contribution in [2.45, 2.75) is 13.0 Å². The quantitative estimate of drug-likeness (QED) is 0.799. The van der Waals surface area contributed by atoms with Crippen LogP contribution in [0.4, 0.5) is 0 Å². The largest absolute Gasteiger partial charge is 0.493 e. The molecule has 0 aliphatic heterocycles. The SMILES string of the molecule is CNCc1cc(Cl)c(OCCC(=O)NC)c(OC)c1. The molecular weight excluding hydrogens is 268 g/mol. The van der Waals surface area contributed by atoms with Crippen molar-refractivity contribution in [3.8, 4) is 11.5 Å². The third kappa shape index (κ3) is 4.61. The average molecular weight is 287 g/mol. The number of nitrogens with one attached hydrogen (secondary N) is 2. The van der Waals surface area contributed by atoms with Gasteiger partial charge >= 0.3 is 0 Å². The Balaban J connectivity index is 2.78. The first-order chi connectivity index (χ1) is 9.12. The van der Waals surface area contributed by atoms with Gasteiger partial charge in [0.25, 0.3) is 0 Å². The molecule has 106 valence electrons. The van der Waals surface area contributed by atoms with Gasteiger partial charge in [-0.25, -0.2) is 0 Å². The summed E-state index contributed by atoms with van der Waals surface area (Å²) in [5.74, 6) is 0.949. The molecule has 19 heavy (non-hydrogen) atoms. The second-order valence-corrected chi connectivity index (χ2v) is 4.32. The van der Waals surface area contributed by atoms with Crippen LogP contribution >= 0.6 is 11.6 Å². The van der Waals surface area contributed by atoms with Gasteiger partial charge in [-0.3, -0.25) is 4.79 Å². The summed E-state index contributed by atoms with van der Waals surface area (Å²) in [6.45, 7) is 0.940. The number of benzene rings is 1. The molecule has 1 aromatic carbocycles. The summed E-state index contributed by atoms with van der Waals surface area (Å²) in [6.07, 6.45) is 0.272. The van der Waals surface area contributed by atoms with Gasteiger partial charge in [0.15, 0.2) is 11.5 Å². The minimum atomic E-state index is -0.0816. The molecule has 1 amide bonds. The molecule has 0 aliphatic carbocycles. The van der Waals surface area contributed by atoms with E-state index in [2.05, 4.69) is 10.6 Å². The second kappa shape index (κ2) is 7.86. The Kier molecular flexibility index (Phi) is 6.45. The zero-order valence-corrected chi connectivity index (χ0v) is 12.1. The van der Waals surface area contributed by atoms with Gasteiger partial charge in [0.05, 0.1) is 25.2 Å². The molecule has 0 saturated carbocycles. The van der Waals surface area contributed by atoms with E-state index in [4.69, 9.17) is 21.1 Å². The smallest absolute Gasteiger partial charge is 0.223 e. The monoisotopic (exact) mass is 286 g/mol. The van der Waals surface area contributed by atoms with Crippen molar-refractivity contribution in [1.29, 1.82) is 0 Å².